The Morgan fingerprint density at radius 1 is 0.956 bits per heavy atom. The first-order chi connectivity index (χ1) is 21.8. The molecule has 6 rings (SSSR count). The molecule has 6 aromatic rings. The van der Waals surface area contributed by atoms with E-state index >= 15 is 0 Å². The van der Waals surface area contributed by atoms with Crippen LogP contribution in [0.5, 0.6) is 11.5 Å². The molecule has 226 valence electrons. The second-order valence-electron chi connectivity index (χ2n) is 9.74. The molecule has 7 nitrogen and oxygen atoms in total. The summed E-state index contributed by atoms with van der Waals surface area (Å²) in [5.74, 6) is 0.0321. The summed E-state index contributed by atoms with van der Waals surface area (Å²) in [6, 6.07) is 24.6. The van der Waals surface area contributed by atoms with Crippen molar-refractivity contribution in [2.45, 2.75) is 11.3 Å². The minimum absolute atomic E-state index is 0.162. The predicted molar refractivity (Wildman–Crippen MR) is 167 cm³/mol. The molecule has 0 aliphatic carbocycles. The number of rotatable bonds is 9. The summed E-state index contributed by atoms with van der Waals surface area (Å²) in [5, 5.41) is 3.12. The van der Waals surface area contributed by atoms with Gasteiger partial charge in [0.25, 0.3) is 6.43 Å². The Labute approximate surface area is 263 Å². The van der Waals surface area contributed by atoms with Crippen molar-refractivity contribution >= 4 is 33.9 Å². The number of benzene rings is 4. The quantitative estimate of drug-likeness (QED) is 0.0886. The average Bonchev–Trinajstić information content (AvgIpc) is 3.38. The number of aromatic nitrogens is 2. The molecular formula is C33H21ClF3N3O4S. The van der Waals surface area contributed by atoms with Crippen molar-refractivity contribution in [3.8, 4) is 45.1 Å². The van der Waals surface area contributed by atoms with Crippen LogP contribution in [-0.2, 0) is 11.4 Å². The fraction of sp³-hybridized carbons (Fsp3) is 0.0606. The van der Waals surface area contributed by atoms with Crippen molar-refractivity contribution in [1.29, 1.82) is 0 Å². The highest BCUT2D eigenvalue weighted by Crippen LogP contribution is 2.46. The van der Waals surface area contributed by atoms with Crippen LogP contribution in [0.15, 0.2) is 113 Å². The van der Waals surface area contributed by atoms with Gasteiger partial charge < -0.3 is 14.1 Å². The van der Waals surface area contributed by atoms with Gasteiger partial charge in [-0.1, -0.05) is 29.8 Å². The van der Waals surface area contributed by atoms with Gasteiger partial charge in [0.2, 0.25) is 0 Å². The molecule has 0 radical (unpaired) electrons. The van der Waals surface area contributed by atoms with Crippen LogP contribution in [0.1, 0.15) is 12.0 Å². The summed E-state index contributed by atoms with van der Waals surface area (Å²) in [4.78, 5) is 20.0. The van der Waals surface area contributed by atoms with Gasteiger partial charge in [0, 0.05) is 39.9 Å². The number of halogens is 4. The first-order valence-corrected chi connectivity index (χ1v) is 14.8. The van der Waals surface area contributed by atoms with E-state index in [2.05, 4.69) is 15.2 Å². The Bertz CT molecular complexity index is 2040. The van der Waals surface area contributed by atoms with Crippen molar-refractivity contribution in [3.63, 3.8) is 0 Å². The molecule has 0 amide bonds. The third-order valence-electron chi connectivity index (χ3n) is 7.14. The second kappa shape index (κ2) is 12.6. The largest absolute Gasteiger partial charge is 0.587 e. The summed E-state index contributed by atoms with van der Waals surface area (Å²) in [6.45, 7) is 0. The number of ether oxygens (including phenoxy) is 1. The van der Waals surface area contributed by atoms with Crippen LogP contribution in [0, 0.1) is 10.7 Å². The molecule has 4 aromatic carbocycles. The molecule has 0 saturated heterocycles. The fourth-order valence-corrected chi connectivity index (χ4v) is 6.71. The molecule has 2 heterocycles. The number of nitrogens with zero attached hydrogens (tertiary/aromatic N) is 3. The molecular weight excluding hydrogens is 627 g/mol. The molecule has 0 aliphatic rings. The summed E-state index contributed by atoms with van der Waals surface area (Å²) in [6.07, 6.45) is -1.12. The van der Waals surface area contributed by atoms with Gasteiger partial charge in [-0.25, -0.2) is 13.2 Å². The lowest BCUT2D eigenvalue weighted by atomic mass is 9.97. The number of fused-ring (bicyclic) bond motifs is 1. The summed E-state index contributed by atoms with van der Waals surface area (Å²) < 4.78 is 63.0. The van der Waals surface area contributed by atoms with Crippen molar-refractivity contribution in [3.05, 3.63) is 125 Å². The molecule has 12 heteroatoms. The third kappa shape index (κ3) is 5.73. The molecule has 1 atom stereocenters. The van der Waals surface area contributed by atoms with Gasteiger partial charge >= 0.3 is 0 Å². The molecule has 0 spiro atoms. The number of hydrogen-bond acceptors (Lipinski definition) is 6. The highest BCUT2D eigenvalue weighted by atomic mass is 35.5. The van der Waals surface area contributed by atoms with Crippen LogP contribution >= 0.6 is 11.6 Å². The zero-order valence-corrected chi connectivity index (χ0v) is 24.9. The SMILES string of the molecule is COc1cccnc1-c1c(-c2cccc(-c3ccc(ON=O)cc3Cl)c2)n([S+]([O-])c2ccc(C(F)F)cc2)c2ccc(F)cc12. The third-order valence-corrected chi connectivity index (χ3v) is 8.84. The van der Waals surface area contributed by atoms with E-state index in [9.17, 15) is 22.6 Å². The Kier molecular flexibility index (Phi) is 8.48. The number of hydrogen-bond donors (Lipinski definition) is 0. The minimum Gasteiger partial charge on any atom is -0.587 e. The molecule has 0 bridgehead atoms. The van der Waals surface area contributed by atoms with Gasteiger partial charge in [0.05, 0.1) is 17.6 Å². The van der Waals surface area contributed by atoms with Gasteiger partial charge in [-0.2, -0.15) is 3.97 Å². The van der Waals surface area contributed by atoms with E-state index < -0.39 is 23.6 Å². The lowest BCUT2D eigenvalue weighted by molar-refractivity contribution is 0.151. The van der Waals surface area contributed by atoms with Gasteiger partial charge in [-0.15, -0.1) is 4.91 Å². The molecule has 0 fully saturated rings. The summed E-state index contributed by atoms with van der Waals surface area (Å²) >= 11 is 4.56. The topological polar surface area (TPSA) is 88.8 Å². The van der Waals surface area contributed by atoms with E-state index in [1.165, 1.54) is 65.7 Å². The molecule has 1 unspecified atom stereocenters. The van der Waals surface area contributed by atoms with Crippen LogP contribution in [0.3, 0.4) is 0 Å². The highest BCUT2D eigenvalue weighted by molar-refractivity contribution is 7.90. The molecule has 0 saturated carbocycles. The normalized spacial score (nSPS) is 12.0. The lowest BCUT2D eigenvalue weighted by Gasteiger charge is -2.17. The van der Waals surface area contributed by atoms with Gasteiger partial charge in [-0.05, 0) is 78.4 Å². The van der Waals surface area contributed by atoms with Crippen LogP contribution in [-0.4, -0.2) is 20.6 Å². The second-order valence-corrected chi connectivity index (χ2v) is 11.5. The van der Waals surface area contributed by atoms with E-state index in [1.807, 2.05) is 12.1 Å². The fourth-order valence-electron chi connectivity index (χ4n) is 5.15. The monoisotopic (exact) mass is 647 g/mol. The summed E-state index contributed by atoms with van der Waals surface area (Å²) in [7, 11) is 1.48. The molecule has 45 heavy (non-hydrogen) atoms. The van der Waals surface area contributed by atoms with Gasteiger partial charge in [0.15, 0.2) is 16.0 Å². The minimum atomic E-state index is -2.69. The van der Waals surface area contributed by atoms with E-state index in [-0.39, 0.29) is 21.2 Å². The molecule has 0 aliphatic heterocycles. The van der Waals surface area contributed by atoms with Crippen LogP contribution in [0.2, 0.25) is 5.02 Å². The Balaban J connectivity index is 1.65. The van der Waals surface area contributed by atoms with Crippen LogP contribution < -0.4 is 9.57 Å². The Hall–Kier alpha value is -4.84. The van der Waals surface area contributed by atoms with Crippen LogP contribution in [0.4, 0.5) is 13.2 Å². The first kappa shape index (κ1) is 30.2. The number of methoxy groups -OCH3 is 1. The van der Waals surface area contributed by atoms with Crippen molar-refractivity contribution in [1.82, 2.24) is 8.96 Å². The van der Waals surface area contributed by atoms with Crippen molar-refractivity contribution in [2.75, 3.05) is 7.11 Å². The predicted octanol–water partition coefficient (Wildman–Crippen LogP) is 9.41. The van der Waals surface area contributed by atoms with E-state index in [4.69, 9.17) is 16.3 Å². The standard InChI is InChI=1S/C33H21ClF3N3O4S/c1-43-29-6-3-15-38-31(29)30-26-17-22(35)9-14-28(26)40(45(42)24-11-7-19(8-12-24)33(36)37)32(30)21-5-2-4-20(16-21)25-13-10-23(44-39-41)18-27(25)34/h2-18,33H,1H3. The van der Waals surface area contributed by atoms with Crippen LogP contribution in [0.25, 0.3) is 44.5 Å². The smallest absolute Gasteiger partial charge is 0.263 e. The molecule has 2 aromatic heterocycles. The van der Waals surface area contributed by atoms with E-state index in [0.29, 0.717) is 50.3 Å². The van der Waals surface area contributed by atoms with E-state index in [1.54, 1.807) is 36.5 Å². The Morgan fingerprint density at radius 2 is 1.73 bits per heavy atom. The lowest BCUT2D eigenvalue weighted by Crippen LogP contribution is -2.14. The highest BCUT2D eigenvalue weighted by Gasteiger charge is 2.31. The first-order valence-electron chi connectivity index (χ1n) is 13.3. The van der Waals surface area contributed by atoms with Crippen molar-refractivity contribution in [2.24, 2.45) is 5.34 Å². The maximum Gasteiger partial charge on any atom is 0.263 e. The van der Waals surface area contributed by atoms with Gasteiger partial charge in [0.1, 0.15) is 34.3 Å². The number of alkyl halides is 2. The van der Waals surface area contributed by atoms with E-state index in [0.717, 1.165) is 0 Å². The maximum atomic E-state index is 14.9. The van der Waals surface area contributed by atoms with Gasteiger partial charge in [-0.3, -0.25) is 4.98 Å². The summed E-state index contributed by atoms with van der Waals surface area (Å²) in [5.41, 5.74) is 3.27. The zero-order valence-electron chi connectivity index (χ0n) is 23.3. The average molecular weight is 648 g/mol. The Morgan fingerprint density at radius 3 is 2.44 bits per heavy atom. The maximum absolute atomic E-state index is 14.9. The zero-order chi connectivity index (χ0) is 31.7. The number of pyridine rings is 1. The molecule has 0 N–H and O–H groups in total. The van der Waals surface area contributed by atoms with Crippen molar-refractivity contribution < 1.29 is 27.3 Å².